The number of nitrogens with one attached hydrogen (secondary N) is 2. The van der Waals surface area contributed by atoms with Gasteiger partial charge < -0.3 is 22.1 Å². The molecule has 1 heterocycles. The molecule has 6 N–H and O–H groups in total. The highest BCUT2D eigenvalue weighted by molar-refractivity contribution is 7.98. The van der Waals surface area contributed by atoms with E-state index >= 15 is 0 Å². The first-order chi connectivity index (χ1) is 13.0. The first-order valence-electron chi connectivity index (χ1n) is 7.72. The normalized spacial score (nSPS) is 12.1. The molecule has 1 aromatic carbocycles. The third-order valence-corrected chi connectivity index (χ3v) is 4.18. The van der Waals surface area contributed by atoms with Gasteiger partial charge in [0.15, 0.2) is 5.82 Å². The molecule has 0 bridgehead atoms. The second-order valence-electron chi connectivity index (χ2n) is 5.62. The van der Waals surface area contributed by atoms with Crippen molar-refractivity contribution in [3.8, 4) is 6.07 Å². The lowest BCUT2D eigenvalue weighted by atomic mass is 10.1. The predicted octanol–water partition coefficient (Wildman–Crippen LogP) is 2.69. The summed E-state index contributed by atoms with van der Waals surface area (Å²) in [6.07, 6.45) is -2.90. The highest BCUT2D eigenvalue weighted by Gasteiger charge is 2.31. The van der Waals surface area contributed by atoms with E-state index in [1.54, 1.807) is 6.26 Å². The van der Waals surface area contributed by atoms with Gasteiger partial charge >= 0.3 is 6.18 Å². The number of nitrogen functional groups attached to an aromatic ring is 2. The number of rotatable bonds is 5. The van der Waals surface area contributed by atoms with Crippen LogP contribution in [-0.2, 0) is 11.0 Å². The van der Waals surface area contributed by atoms with Gasteiger partial charge in [-0.05, 0) is 31.4 Å². The average Bonchev–Trinajstić information content (AvgIpc) is 2.59. The third-order valence-electron chi connectivity index (χ3n) is 3.50. The number of hydrogen-bond donors (Lipinski definition) is 4. The van der Waals surface area contributed by atoms with Gasteiger partial charge in [0.05, 0.1) is 5.56 Å². The molecule has 1 atom stereocenters. The molecule has 0 aliphatic heterocycles. The summed E-state index contributed by atoms with van der Waals surface area (Å²) in [5.41, 5.74) is 10.1. The minimum atomic E-state index is -4.58. The summed E-state index contributed by atoms with van der Waals surface area (Å²) in [7, 11) is 0. The molecule has 0 radical (unpaired) electrons. The van der Waals surface area contributed by atoms with Gasteiger partial charge in [-0.1, -0.05) is 0 Å². The number of carbonyl (C=O) groups is 1. The van der Waals surface area contributed by atoms with Crippen molar-refractivity contribution in [3.63, 3.8) is 0 Å². The van der Waals surface area contributed by atoms with Crippen molar-refractivity contribution in [2.45, 2.75) is 24.2 Å². The van der Waals surface area contributed by atoms with Crippen molar-refractivity contribution in [1.82, 2.24) is 9.97 Å². The minimum Gasteiger partial charge on any atom is -0.399 e. The summed E-state index contributed by atoms with van der Waals surface area (Å²) in [6, 6.07) is 3.83. The van der Waals surface area contributed by atoms with E-state index in [-0.39, 0.29) is 33.7 Å². The second kappa shape index (κ2) is 8.22. The van der Waals surface area contributed by atoms with Gasteiger partial charge in [0.25, 0.3) is 0 Å². The Morgan fingerprint density at radius 2 is 1.96 bits per heavy atom. The molecule has 0 saturated heterocycles. The Balaban J connectivity index is 2.22. The summed E-state index contributed by atoms with van der Waals surface area (Å²) >= 11 is 1.15. The first kappa shape index (κ1) is 21.1. The van der Waals surface area contributed by atoms with Crippen LogP contribution in [0.15, 0.2) is 23.2 Å². The van der Waals surface area contributed by atoms with E-state index in [1.807, 2.05) is 6.07 Å². The number of carbonyl (C=O) groups excluding carboxylic acids is 1. The van der Waals surface area contributed by atoms with E-state index in [9.17, 15) is 23.2 Å². The number of hydrogen-bond acceptors (Lipinski definition) is 8. The Labute approximate surface area is 162 Å². The topological polar surface area (TPSA) is 143 Å². The number of halogens is 3. The predicted molar refractivity (Wildman–Crippen MR) is 101 cm³/mol. The number of nitrogens with zero attached hydrogens (tertiary/aromatic N) is 3. The van der Waals surface area contributed by atoms with Gasteiger partial charge in [-0.25, -0.2) is 4.98 Å². The molecule has 0 unspecified atom stereocenters. The zero-order chi connectivity index (χ0) is 21.1. The van der Waals surface area contributed by atoms with Crippen LogP contribution >= 0.6 is 11.8 Å². The molecule has 0 spiro atoms. The van der Waals surface area contributed by atoms with Crippen LogP contribution in [0.5, 0.6) is 0 Å². The number of nitrogens with two attached hydrogens (primary N) is 2. The maximum atomic E-state index is 12.9. The summed E-state index contributed by atoms with van der Waals surface area (Å²) in [5.74, 6) is -0.857. The highest BCUT2D eigenvalue weighted by atomic mass is 32.2. The van der Waals surface area contributed by atoms with Crippen molar-refractivity contribution in [1.29, 1.82) is 5.26 Å². The molecule has 12 heteroatoms. The van der Waals surface area contributed by atoms with Gasteiger partial charge in [-0.3, -0.25) is 4.79 Å². The SMILES string of the molecule is CSc1nc(N)nc(NC(=O)[C@H](C)Nc2cc(N)cc(C(F)(F)F)c2)c1C#N. The fraction of sp³-hybridized carbons (Fsp3) is 0.250. The van der Waals surface area contributed by atoms with Gasteiger partial charge in [-0.15, -0.1) is 11.8 Å². The van der Waals surface area contributed by atoms with Crippen molar-refractivity contribution >= 4 is 40.8 Å². The van der Waals surface area contributed by atoms with E-state index in [1.165, 1.54) is 13.0 Å². The van der Waals surface area contributed by atoms with Gasteiger partial charge in [0.2, 0.25) is 11.9 Å². The molecule has 28 heavy (non-hydrogen) atoms. The van der Waals surface area contributed by atoms with E-state index in [0.29, 0.717) is 0 Å². The van der Waals surface area contributed by atoms with Gasteiger partial charge in [0.1, 0.15) is 22.7 Å². The largest absolute Gasteiger partial charge is 0.416 e. The lowest BCUT2D eigenvalue weighted by Gasteiger charge is -2.17. The fourth-order valence-electron chi connectivity index (χ4n) is 2.23. The van der Waals surface area contributed by atoms with Gasteiger partial charge in [0, 0.05) is 11.4 Å². The van der Waals surface area contributed by atoms with Crippen molar-refractivity contribution in [2.24, 2.45) is 0 Å². The molecule has 8 nitrogen and oxygen atoms in total. The second-order valence-corrected chi connectivity index (χ2v) is 6.42. The monoisotopic (exact) mass is 411 g/mol. The third kappa shape index (κ3) is 4.95. The zero-order valence-corrected chi connectivity index (χ0v) is 15.6. The molecule has 1 aromatic heterocycles. The number of anilines is 4. The molecule has 0 fully saturated rings. The Hall–Kier alpha value is -3.20. The molecule has 0 aliphatic carbocycles. The van der Waals surface area contributed by atoms with E-state index in [2.05, 4.69) is 20.6 Å². The quantitative estimate of drug-likeness (QED) is 0.334. The fourth-order valence-corrected chi connectivity index (χ4v) is 2.77. The Bertz CT molecular complexity index is 943. The summed E-state index contributed by atoms with van der Waals surface area (Å²) in [5, 5.41) is 14.6. The van der Waals surface area contributed by atoms with Crippen molar-refractivity contribution in [2.75, 3.05) is 28.4 Å². The zero-order valence-electron chi connectivity index (χ0n) is 14.8. The Morgan fingerprint density at radius 1 is 1.29 bits per heavy atom. The summed E-state index contributed by atoms with van der Waals surface area (Å²) < 4.78 is 38.7. The maximum absolute atomic E-state index is 12.9. The van der Waals surface area contributed by atoms with Crippen LogP contribution in [0.3, 0.4) is 0 Å². The van der Waals surface area contributed by atoms with Crippen molar-refractivity contribution < 1.29 is 18.0 Å². The van der Waals surface area contributed by atoms with Crippen LogP contribution in [-0.4, -0.2) is 28.2 Å². The Kier molecular flexibility index (Phi) is 6.19. The molecular weight excluding hydrogens is 395 g/mol. The van der Waals surface area contributed by atoms with E-state index < -0.39 is 23.7 Å². The minimum absolute atomic E-state index is 0.0162. The standard InChI is InChI=1S/C16H16F3N7OS/c1-7(23-10-4-8(16(17,18)19)3-9(21)5-10)13(27)24-12-11(6-20)14(28-2)26-15(22)25-12/h3-5,7,23H,21H2,1-2H3,(H3,22,24,25,26,27)/t7-/m0/s1. The van der Waals surface area contributed by atoms with Crippen LogP contribution < -0.4 is 22.1 Å². The maximum Gasteiger partial charge on any atom is 0.416 e. The van der Waals surface area contributed by atoms with E-state index in [0.717, 1.165) is 23.9 Å². The van der Waals surface area contributed by atoms with Crippen LogP contribution in [0.2, 0.25) is 0 Å². The number of thioether (sulfide) groups is 1. The molecule has 2 aromatic rings. The number of amides is 1. The molecule has 0 saturated carbocycles. The molecule has 1 amide bonds. The number of benzene rings is 1. The number of alkyl halides is 3. The molecular formula is C16H16F3N7OS. The molecule has 2 rings (SSSR count). The van der Waals surface area contributed by atoms with E-state index in [4.69, 9.17) is 11.5 Å². The van der Waals surface area contributed by atoms with Crippen molar-refractivity contribution in [3.05, 3.63) is 29.3 Å². The highest BCUT2D eigenvalue weighted by Crippen LogP contribution is 2.33. The molecule has 148 valence electrons. The smallest absolute Gasteiger partial charge is 0.399 e. The van der Waals surface area contributed by atoms with Gasteiger partial charge in [-0.2, -0.15) is 23.4 Å². The first-order valence-corrected chi connectivity index (χ1v) is 8.94. The lowest BCUT2D eigenvalue weighted by molar-refractivity contribution is -0.137. The summed E-state index contributed by atoms with van der Waals surface area (Å²) in [4.78, 5) is 20.2. The average molecular weight is 411 g/mol. The molecule has 0 aliphatic rings. The Morgan fingerprint density at radius 3 is 2.54 bits per heavy atom. The van der Waals surface area contributed by atoms with Crippen LogP contribution in [0, 0.1) is 11.3 Å². The summed E-state index contributed by atoms with van der Waals surface area (Å²) in [6.45, 7) is 1.43. The van der Waals surface area contributed by atoms with Crippen LogP contribution in [0.4, 0.5) is 36.3 Å². The number of aromatic nitrogens is 2. The van der Waals surface area contributed by atoms with Crippen LogP contribution in [0.25, 0.3) is 0 Å². The lowest BCUT2D eigenvalue weighted by Crippen LogP contribution is -2.32. The van der Waals surface area contributed by atoms with Crippen LogP contribution in [0.1, 0.15) is 18.1 Å². The number of nitriles is 1.